The second-order valence-electron chi connectivity index (χ2n) is 6.86. The first-order chi connectivity index (χ1) is 15.0. The van der Waals surface area contributed by atoms with E-state index in [-0.39, 0.29) is 11.7 Å². The lowest BCUT2D eigenvalue weighted by atomic mass is 10.1. The normalized spacial score (nSPS) is 12.7. The molecule has 1 N–H and O–H groups in total. The highest BCUT2D eigenvalue weighted by atomic mass is 35.5. The fraction of sp³-hybridized carbons (Fsp3) is 0.182. The summed E-state index contributed by atoms with van der Waals surface area (Å²) in [4.78, 5) is 12.4. The number of hydrogen-bond donors (Lipinski definition) is 1. The van der Waals surface area contributed by atoms with Crippen LogP contribution >= 0.6 is 35.0 Å². The van der Waals surface area contributed by atoms with Crippen LogP contribution in [0.1, 0.15) is 29.9 Å². The Kier molecular flexibility index (Phi) is 6.62. The van der Waals surface area contributed by atoms with Gasteiger partial charge in [0.25, 0.3) is 0 Å². The van der Waals surface area contributed by atoms with E-state index in [4.69, 9.17) is 23.2 Å². The summed E-state index contributed by atoms with van der Waals surface area (Å²) < 4.78 is 1.54. The van der Waals surface area contributed by atoms with Crippen molar-refractivity contribution in [1.82, 2.24) is 20.2 Å². The van der Waals surface area contributed by atoms with Crippen molar-refractivity contribution in [1.29, 1.82) is 0 Å². The molecule has 9 heteroatoms. The Hall–Kier alpha value is -2.79. The lowest BCUT2D eigenvalue weighted by molar-refractivity contribution is -0.113. The van der Waals surface area contributed by atoms with Crippen LogP contribution in [0, 0.1) is 11.8 Å². The number of anilines is 1. The van der Waals surface area contributed by atoms with Crippen molar-refractivity contribution in [2.45, 2.75) is 23.9 Å². The van der Waals surface area contributed by atoms with Gasteiger partial charge in [0.05, 0.1) is 27.2 Å². The molecule has 0 bridgehead atoms. The molecule has 0 unspecified atom stereocenters. The van der Waals surface area contributed by atoms with Gasteiger partial charge in [-0.1, -0.05) is 59.4 Å². The number of carbonyl (C=O) groups excluding carboxylic acids is 1. The van der Waals surface area contributed by atoms with Gasteiger partial charge in [-0.05, 0) is 71.2 Å². The summed E-state index contributed by atoms with van der Waals surface area (Å²) >= 11 is 13.9. The molecule has 156 valence electrons. The predicted molar refractivity (Wildman–Crippen MR) is 124 cm³/mol. The molecule has 1 aliphatic rings. The Labute approximate surface area is 194 Å². The number of hydrogen-bond acceptors (Lipinski definition) is 5. The molecule has 3 aromatic rings. The molecule has 6 nitrogen and oxygen atoms in total. The molecule has 0 spiro atoms. The second-order valence-corrected chi connectivity index (χ2v) is 8.62. The lowest BCUT2D eigenvalue weighted by Gasteiger charge is -2.09. The van der Waals surface area contributed by atoms with E-state index in [0.29, 0.717) is 32.5 Å². The summed E-state index contributed by atoms with van der Waals surface area (Å²) in [6.45, 7) is 3.55. The van der Waals surface area contributed by atoms with Crippen molar-refractivity contribution in [2.24, 2.45) is 0 Å². The Morgan fingerprint density at radius 3 is 2.81 bits per heavy atom. The van der Waals surface area contributed by atoms with Crippen LogP contribution in [0.2, 0.25) is 10.0 Å². The number of thioether (sulfide) groups is 1. The zero-order valence-corrected chi connectivity index (χ0v) is 18.6. The van der Waals surface area contributed by atoms with E-state index in [1.165, 1.54) is 40.9 Å². The molecular formula is C22H17Cl2N5OS. The van der Waals surface area contributed by atoms with Crippen LogP contribution in [0.15, 0.2) is 54.2 Å². The van der Waals surface area contributed by atoms with Gasteiger partial charge in [-0.2, -0.15) is 4.68 Å². The number of carbonyl (C=O) groups is 1. The van der Waals surface area contributed by atoms with Gasteiger partial charge in [0.2, 0.25) is 11.1 Å². The number of benzene rings is 2. The first-order valence-corrected chi connectivity index (χ1v) is 11.2. The van der Waals surface area contributed by atoms with Crippen LogP contribution in [0.5, 0.6) is 0 Å². The molecule has 1 amide bonds. The highest BCUT2D eigenvalue weighted by Gasteiger charge is 2.24. The van der Waals surface area contributed by atoms with Crippen molar-refractivity contribution in [3.05, 3.63) is 70.2 Å². The largest absolute Gasteiger partial charge is 0.324 e. The molecule has 1 aliphatic carbocycles. The number of tetrazole rings is 1. The molecule has 31 heavy (non-hydrogen) atoms. The number of rotatable bonds is 6. The summed E-state index contributed by atoms with van der Waals surface area (Å²) in [6, 6.07) is 11.1. The molecule has 0 radical (unpaired) electrons. The third-order valence-corrected chi connectivity index (χ3v) is 6.12. The molecule has 0 atom stereocenters. The number of halogens is 2. The molecule has 0 saturated heterocycles. The number of aromatic nitrogens is 4. The average molecular weight is 470 g/mol. The van der Waals surface area contributed by atoms with Crippen LogP contribution in [-0.2, 0) is 4.79 Å². The van der Waals surface area contributed by atoms with Crippen molar-refractivity contribution < 1.29 is 4.79 Å². The maximum absolute atomic E-state index is 12.4. The van der Waals surface area contributed by atoms with Crippen LogP contribution < -0.4 is 5.32 Å². The van der Waals surface area contributed by atoms with Crippen LogP contribution in [0.4, 0.5) is 5.69 Å². The third-order valence-electron chi connectivity index (χ3n) is 4.58. The minimum atomic E-state index is -0.235. The fourth-order valence-electron chi connectivity index (χ4n) is 2.93. The molecule has 2 aromatic carbocycles. The zero-order chi connectivity index (χ0) is 21.8. The van der Waals surface area contributed by atoms with E-state index in [9.17, 15) is 4.79 Å². The fourth-order valence-corrected chi connectivity index (χ4v) is 4.11. The SMILES string of the molecule is C=CC#Cc1ccc(NC(=O)CSc2nnnn2-c2ccc(C3CC3)cc2Cl)c(Cl)c1. The summed E-state index contributed by atoms with van der Waals surface area (Å²) in [5.41, 5.74) is 3.16. The summed E-state index contributed by atoms with van der Waals surface area (Å²) in [6.07, 6.45) is 3.90. The number of amides is 1. The standard InChI is InChI=1S/C22H17Cl2N5OS/c1-2-3-4-14-5-9-19(17(23)11-14)25-21(30)13-31-22-26-27-28-29(22)20-10-8-16(12-18(20)24)15-6-7-15/h2,5,8-12,15H,1,6-7,13H2,(H,25,30). The smallest absolute Gasteiger partial charge is 0.234 e. The van der Waals surface area contributed by atoms with Crippen molar-refractivity contribution in [2.75, 3.05) is 11.1 Å². The molecule has 4 rings (SSSR count). The lowest BCUT2D eigenvalue weighted by Crippen LogP contribution is -2.15. The Balaban J connectivity index is 1.41. The molecule has 1 aromatic heterocycles. The van der Waals surface area contributed by atoms with Crippen LogP contribution in [0.3, 0.4) is 0 Å². The van der Waals surface area contributed by atoms with Gasteiger partial charge < -0.3 is 5.32 Å². The predicted octanol–water partition coefficient (Wildman–Crippen LogP) is 5.11. The highest BCUT2D eigenvalue weighted by Crippen LogP contribution is 2.41. The van der Waals surface area contributed by atoms with Crippen molar-refractivity contribution in [3.8, 4) is 17.5 Å². The molecule has 0 aliphatic heterocycles. The highest BCUT2D eigenvalue weighted by molar-refractivity contribution is 7.99. The number of nitrogens with one attached hydrogen (secondary N) is 1. The van der Waals surface area contributed by atoms with Gasteiger partial charge in [0.15, 0.2) is 0 Å². The maximum atomic E-state index is 12.4. The van der Waals surface area contributed by atoms with E-state index in [1.54, 1.807) is 18.2 Å². The molecule has 1 heterocycles. The quantitative estimate of drug-likeness (QED) is 0.400. The zero-order valence-electron chi connectivity index (χ0n) is 16.3. The summed E-state index contributed by atoms with van der Waals surface area (Å²) in [5, 5.41) is 16.0. The Bertz CT molecular complexity index is 1210. The molecule has 1 saturated carbocycles. The van der Waals surface area contributed by atoms with Crippen LogP contribution in [-0.4, -0.2) is 31.9 Å². The van der Waals surface area contributed by atoms with Gasteiger partial charge >= 0.3 is 0 Å². The van der Waals surface area contributed by atoms with Gasteiger partial charge in [-0.25, -0.2) is 0 Å². The van der Waals surface area contributed by atoms with E-state index < -0.39 is 0 Å². The van der Waals surface area contributed by atoms with Crippen LogP contribution in [0.25, 0.3) is 5.69 Å². The van der Waals surface area contributed by atoms with E-state index >= 15 is 0 Å². The second kappa shape index (κ2) is 9.56. The maximum Gasteiger partial charge on any atom is 0.234 e. The van der Waals surface area contributed by atoms with Gasteiger partial charge in [-0.3, -0.25) is 4.79 Å². The molecular weight excluding hydrogens is 453 g/mol. The third kappa shape index (κ3) is 5.28. The van der Waals surface area contributed by atoms with Crippen molar-refractivity contribution in [3.63, 3.8) is 0 Å². The van der Waals surface area contributed by atoms with E-state index in [2.05, 4.69) is 39.3 Å². The Morgan fingerprint density at radius 1 is 1.26 bits per heavy atom. The molecule has 1 fully saturated rings. The summed E-state index contributed by atoms with van der Waals surface area (Å²) in [5.74, 6) is 6.12. The van der Waals surface area contributed by atoms with Gasteiger partial charge in [0.1, 0.15) is 0 Å². The van der Waals surface area contributed by atoms with Gasteiger partial charge in [0, 0.05) is 5.56 Å². The average Bonchev–Trinajstić information content (AvgIpc) is 3.51. The minimum absolute atomic E-state index is 0.104. The first-order valence-electron chi connectivity index (χ1n) is 9.48. The minimum Gasteiger partial charge on any atom is -0.324 e. The summed E-state index contributed by atoms with van der Waals surface area (Å²) in [7, 11) is 0. The Morgan fingerprint density at radius 2 is 2.10 bits per heavy atom. The number of allylic oxidation sites excluding steroid dienone is 1. The monoisotopic (exact) mass is 469 g/mol. The topological polar surface area (TPSA) is 72.7 Å². The van der Waals surface area contributed by atoms with E-state index in [0.717, 1.165) is 5.56 Å². The van der Waals surface area contributed by atoms with Gasteiger partial charge in [-0.15, -0.1) is 5.10 Å². The van der Waals surface area contributed by atoms with E-state index in [1.807, 2.05) is 18.2 Å². The first kappa shape index (κ1) is 21.4. The number of nitrogens with zero attached hydrogens (tertiary/aromatic N) is 4. The van der Waals surface area contributed by atoms with Crippen molar-refractivity contribution >= 4 is 46.6 Å².